The summed E-state index contributed by atoms with van der Waals surface area (Å²) in [6, 6.07) is 17.8. The van der Waals surface area contributed by atoms with Crippen LogP contribution in [-0.2, 0) is 14.3 Å². The Morgan fingerprint density at radius 2 is 1.67 bits per heavy atom. The lowest BCUT2D eigenvalue weighted by Crippen LogP contribution is -2.36. The zero-order valence-electron chi connectivity index (χ0n) is 18.4. The van der Waals surface area contributed by atoms with Gasteiger partial charge in [0, 0.05) is 48.5 Å². The summed E-state index contributed by atoms with van der Waals surface area (Å²) in [5, 5.41) is 6.24. The van der Waals surface area contributed by atoms with Crippen LogP contribution in [0.5, 0.6) is 0 Å². The van der Waals surface area contributed by atoms with E-state index in [1.807, 2.05) is 42.5 Å². The lowest BCUT2D eigenvalue weighted by molar-refractivity contribution is -0.119. The number of ether oxygens (including phenoxy) is 2. The van der Waals surface area contributed by atoms with Crippen molar-refractivity contribution in [3.05, 3.63) is 60.8 Å². The van der Waals surface area contributed by atoms with E-state index in [1.165, 1.54) is 5.69 Å². The maximum absolute atomic E-state index is 12.3. The topological polar surface area (TPSA) is 88.6 Å². The number of hydrogen-bond donors (Lipinski definition) is 2. The molecule has 0 bridgehead atoms. The normalized spacial score (nSPS) is 18.2. The Balaban J connectivity index is 1.23. The Morgan fingerprint density at radius 3 is 2.39 bits per heavy atom. The molecule has 3 aromatic rings. The van der Waals surface area contributed by atoms with Crippen molar-refractivity contribution in [2.24, 2.45) is 5.92 Å². The minimum Gasteiger partial charge on any atom is -0.381 e. The lowest BCUT2D eigenvalue weighted by Gasteiger charge is -2.28. The maximum atomic E-state index is 12.3. The Bertz CT molecular complexity index is 1080. The second-order valence-corrected chi connectivity index (χ2v) is 8.16. The number of carbonyl (C=O) groups is 1. The van der Waals surface area contributed by atoms with E-state index in [0.717, 1.165) is 55.4 Å². The van der Waals surface area contributed by atoms with Crippen molar-refractivity contribution in [1.29, 1.82) is 0 Å². The largest absolute Gasteiger partial charge is 0.381 e. The molecule has 2 aromatic carbocycles. The van der Waals surface area contributed by atoms with Gasteiger partial charge >= 0.3 is 0 Å². The number of morpholine rings is 1. The molecule has 0 radical (unpaired) electrons. The zero-order chi connectivity index (χ0) is 22.5. The molecule has 1 atom stereocenters. The summed E-state index contributed by atoms with van der Waals surface area (Å²) >= 11 is 0. The molecule has 0 spiro atoms. The van der Waals surface area contributed by atoms with Gasteiger partial charge in [-0.2, -0.15) is 0 Å². The van der Waals surface area contributed by atoms with Crippen LogP contribution in [0.15, 0.2) is 60.8 Å². The molecule has 2 saturated heterocycles. The third kappa shape index (κ3) is 5.30. The summed E-state index contributed by atoms with van der Waals surface area (Å²) in [5.41, 5.74) is 4.64. The van der Waals surface area contributed by atoms with Gasteiger partial charge in [0.2, 0.25) is 11.9 Å². The summed E-state index contributed by atoms with van der Waals surface area (Å²) in [6.45, 7) is 4.51. The van der Waals surface area contributed by atoms with Crippen LogP contribution >= 0.6 is 0 Å². The van der Waals surface area contributed by atoms with Crippen molar-refractivity contribution in [3.63, 3.8) is 0 Å². The van der Waals surface area contributed by atoms with Gasteiger partial charge in [-0.05, 0) is 48.9 Å². The highest BCUT2D eigenvalue weighted by Gasteiger charge is 2.23. The molecule has 2 N–H and O–H groups in total. The molecule has 2 aliphatic rings. The Kier molecular flexibility index (Phi) is 6.46. The van der Waals surface area contributed by atoms with Crippen LogP contribution in [0.1, 0.15) is 6.42 Å². The first-order valence-corrected chi connectivity index (χ1v) is 11.3. The van der Waals surface area contributed by atoms with E-state index in [2.05, 4.69) is 37.6 Å². The number of benzene rings is 2. The number of nitrogens with one attached hydrogen (secondary N) is 2. The van der Waals surface area contributed by atoms with Crippen LogP contribution in [0, 0.1) is 5.92 Å². The molecule has 3 heterocycles. The lowest BCUT2D eigenvalue weighted by atomic mass is 10.1. The molecule has 5 rings (SSSR count). The Hall–Kier alpha value is -3.49. The van der Waals surface area contributed by atoms with E-state index in [9.17, 15) is 4.79 Å². The number of rotatable bonds is 6. The van der Waals surface area contributed by atoms with E-state index in [4.69, 9.17) is 9.47 Å². The molecule has 2 fully saturated rings. The Morgan fingerprint density at radius 1 is 0.909 bits per heavy atom. The molecule has 0 aliphatic carbocycles. The first kappa shape index (κ1) is 21.4. The van der Waals surface area contributed by atoms with Gasteiger partial charge in [0.25, 0.3) is 0 Å². The molecular weight excluding hydrogens is 418 g/mol. The predicted octanol–water partition coefficient (Wildman–Crippen LogP) is 3.70. The standard InChI is InChI=1S/C25H27N5O3/c31-24(19-10-14-33-17-19)27-20-3-1-18(2-4-20)23-9-11-26-25(29-23)28-21-5-7-22(8-6-21)30-12-15-32-16-13-30/h1-9,11,19H,10,12-17H2,(H,27,31)(H,26,28,29). The van der Waals surface area contributed by atoms with Crippen LogP contribution < -0.4 is 15.5 Å². The number of aromatic nitrogens is 2. The van der Waals surface area contributed by atoms with E-state index >= 15 is 0 Å². The average Bonchev–Trinajstić information content (AvgIpc) is 3.41. The van der Waals surface area contributed by atoms with Gasteiger partial charge in [-0.3, -0.25) is 4.79 Å². The van der Waals surface area contributed by atoms with E-state index < -0.39 is 0 Å². The molecule has 1 aromatic heterocycles. The van der Waals surface area contributed by atoms with Gasteiger partial charge in [0.15, 0.2) is 0 Å². The minimum atomic E-state index is -0.0666. The highest BCUT2D eigenvalue weighted by molar-refractivity contribution is 5.93. The third-order valence-electron chi connectivity index (χ3n) is 5.90. The highest BCUT2D eigenvalue weighted by Crippen LogP contribution is 2.24. The smallest absolute Gasteiger partial charge is 0.229 e. The summed E-state index contributed by atoms with van der Waals surface area (Å²) in [4.78, 5) is 23.6. The quantitative estimate of drug-likeness (QED) is 0.598. The molecular formula is C25H27N5O3. The minimum absolute atomic E-state index is 0.00779. The van der Waals surface area contributed by atoms with Crippen molar-refractivity contribution >= 4 is 28.9 Å². The van der Waals surface area contributed by atoms with Crippen LogP contribution in [0.25, 0.3) is 11.3 Å². The monoisotopic (exact) mass is 445 g/mol. The molecule has 1 unspecified atom stereocenters. The van der Waals surface area contributed by atoms with Crippen molar-refractivity contribution < 1.29 is 14.3 Å². The molecule has 1 amide bonds. The van der Waals surface area contributed by atoms with Gasteiger partial charge in [0.1, 0.15) is 0 Å². The average molecular weight is 446 g/mol. The predicted molar refractivity (Wildman–Crippen MR) is 128 cm³/mol. The highest BCUT2D eigenvalue weighted by atomic mass is 16.5. The number of anilines is 4. The fourth-order valence-corrected chi connectivity index (χ4v) is 4.00. The maximum Gasteiger partial charge on any atom is 0.229 e. The summed E-state index contributed by atoms with van der Waals surface area (Å²) in [6.07, 6.45) is 2.51. The number of nitrogens with zero attached hydrogens (tertiary/aromatic N) is 3. The van der Waals surface area contributed by atoms with Crippen LogP contribution in [0.3, 0.4) is 0 Å². The number of carbonyl (C=O) groups excluding carboxylic acids is 1. The summed E-state index contributed by atoms with van der Waals surface area (Å²) in [5.74, 6) is 0.474. The van der Waals surface area contributed by atoms with Crippen LogP contribution in [0.4, 0.5) is 23.0 Å². The fourth-order valence-electron chi connectivity index (χ4n) is 4.00. The van der Waals surface area contributed by atoms with Gasteiger partial charge in [-0.25, -0.2) is 9.97 Å². The fraction of sp³-hybridized carbons (Fsp3) is 0.320. The molecule has 2 aliphatic heterocycles. The molecule has 33 heavy (non-hydrogen) atoms. The van der Waals surface area contributed by atoms with Crippen molar-refractivity contribution in [1.82, 2.24) is 9.97 Å². The van der Waals surface area contributed by atoms with Crippen LogP contribution in [0.2, 0.25) is 0 Å². The SMILES string of the molecule is O=C(Nc1ccc(-c2ccnc(Nc3ccc(N4CCOCC4)cc3)n2)cc1)C1CCOC1. The molecule has 8 nitrogen and oxygen atoms in total. The van der Waals surface area contributed by atoms with E-state index in [-0.39, 0.29) is 11.8 Å². The van der Waals surface area contributed by atoms with Crippen LogP contribution in [-0.4, -0.2) is 55.4 Å². The molecule has 8 heteroatoms. The van der Waals surface area contributed by atoms with Crippen molar-refractivity contribution in [2.75, 3.05) is 55.1 Å². The van der Waals surface area contributed by atoms with Crippen molar-refractivity contribution in [3.8, 4) is 11.3 Å². The zero-order valence-corrected chi connectivity index (χ0v) is 18.4. The van der Waals surface area contributed by atoms with Gasteiger partial charge in [0.05, 0.1) is 31.4 Å². The number of hydrogen-bond acceptors (Lipinski definition) is 7. The van der Waals surface area contributed by atoms with Gasteiger partial charge in [-0.1, -0.05) is 12.1 Å². The second-order valence-electron chi connectivity index (χ2n) is 8.16. The van der Waals surface area contributed by atoms with E-state index in [0.29, 0.717) is 19.2 Å². The molecule has 170 valence electrons. The first-order chi connectivity index (χ1) is 16.2. The second kappa shape index (κ2) is 9.97. The first-order valence-electron chi connectivity index (χ1n) is 11.3. The van der Waals surface area contributed by atoms with Gasteiger partial charge in [-0.15, -0.1) is 0 Å². The summed E-state index contributed by atoms with van der Waals surface area (Å²) in [7, 11) is 0. The Labute approximate surface area is 193 Å². The van der Waals surface area contributed by atoms with Gasteiger partial charge < -0.3 is 25.0 Å². The van der Waals surface area contributed by atoms with Crippen molar-refractivity contribution in [2.45, 2.75) is 6.42 Å². The third-order valence-corrected chi connectivity index (χ3v) is 5.90. The number of amides is 1. The summed E-state index contributed by atoms with van der Waals surface area (Å²) < 4.78 is 10.7. The van der Waals surface area contributed by atoms with E-state index in [1.54, 1.807) is 6.20 Å². The molecule has 0 saturated carbocycles.